The van der Waals surface area contributed by atoms with Gasteiger partial charge >= 0.3 is 0 Å². The van der Waals surface area contributed by atoms with Gasteiger partial charge in [-0.3, -0.25) is 4.98 Å². The van der Waals surface area contributed by atoms with Crippen LogP contribution in [0.25, 0.3) is 32.8 Å². The van der Waals surface area contributed by atoms with Gasteiger partial charge in [0.15, 0.2) is 0 Å². The Bertz CT molecular complexity index is 1090. The molecule has 0 amide bonds. The van der Waals surface area contributed by atoms with Gasteiger partial charge in [-0.25, -0.2) is 0 Å². The van der Waals surface area contributed by atoms with Crippen molar-refractivity contribution in [3.63, 3.8) is 0 Å². The van der Waals surface area contributed by atoms with Crippen LogP contribution in [-0.2, 0) is 6.42 Å². The molecule has 0 saturated heterocycles. The summed E-state index contributed by atoms with van der Waals surface area (Å²) in [5.74, 6) is 0.933. The van der Waals surface area contributed by atoms with Gasteiger partial charge in [-0.05, 0) is 40.8 Å². The third-order valence-corrected chi connectivity index (χ3v) is 4.82. The maximum atomic E-state index is 6.16. The van der Waals surface area contributed by atoms with Crippen molar-refractivity contribution in [3.8, 4) is 16.9 Å². The maximum Gasteiger partial charge on any atom is 0.129 e. The van der Waals surface area contributed by atoms with Crippen LogP contribution in [0, 0.1) is 0 Å². The zero-order chi connectivity index (χ0) is 16.1. The predicted octanol–water partition coefficient (Wildman–Crippen LogP) is 4.57. The molecule has 0 spiro atoms. The summed E-state index contributed by atoms with van der Waals surface area (Å²) in [5, 5.41) is 3.37. The summed E-state index contributed by atoms with van der Waals surface area (Å²) in [7, 11) is 0. The van der Waals surface area contributed by atoms with Crippen molar-refractivity contribution in [2.45, 2.75) is 6.42 Å². The zero-order valence-corrected chi connectivity index (χ0v) is 13.1. The van der Waals surface area contributed by atoms with Crippen LogP contribution in [-0.4, -0.2) is 11.6 Å². The van der Waals surface area contributed by atoms with E-state index in [2.05, 4.69) is 41.4 Å². The van der Waals surface area contributed by atoms with Gasteiger partial charge in [0.05, 0.1) is 12.1 Å². The third kappa shape index (κ3) is 1.81. The summed E-state index contributed by atoms with van der Waals surface area (Å²) < 4.78 is 5.83. The van der Waals surface area contributed by atoms with Gasteiger partial charge in [0.1, 0.15) is 5.75 Å². The second kappa shape index (κ2) is 4.96. The second-order valence-corrected chi connectivity index (χ2v) is 6.15. The van der Waals surface area contributed by atoms with Crippen LogP contribution in [0.3, 0.4) is 0 Å². The van der Waals surface area contributed by atoms with E-state index in [0.29, 0.717) is 0 Å². The first kappa shape index (κ1) is 13.4. The molecular formula is C21H16N2O. The molecule has 0 radical (unpaired) electrons. The quantitative estimate of drug-likeness (QED) is 0.524. The predicted molar refractivity (Wildman–Crippen MR) is 98.3 cm³/mol. The van der Waals surface area contributed by atoms with Crippen LogP contribution in [0.2, 0.25) is 0 Å². The number of anilines is 1. The highest BCUT2D eigenvalue weighted by atomic mass is 16.5. The summed E-state index contributed by atoms with van der Waals surface area (Å²) in [6, 6.07) is 18.6. The standard InChI is InChI=1S/C21H16N2O/c22-18-7-5-15(14-3-1-2-4-16(14)18)17-6-8-19-20-13(10-12-24-19)9-11-23-21(17)20/h1-9,11H,10,12,22H2. The first-order valence-corrected chi connectivity index (χ1v) is 8.14. The lowest BCUT2D eigenvalue weighted by atomic mass is 9.93. The number of hydrogen-bond donors (Lipinski definition) is 1. The SMILES string of the molecule is Nc1ccc(-c2ccc3c4c(ccnc24)CCO3)c2ccccc12. The summed E-state index contributed by atoms with van der Waals surface area (Å²) in [5.41, 5.74) is 11.5. The number of nitrogens with two attached hydrogens (primary N) is 1. The number of nitrogen functional groups attached to an aromatic ring is 1. The average molecular weight is 312 g/mol. The first-order valence-electron chi connectivity index (χ1n) is 8.14. The van der Waals surface area contributed by atoms with Crippen LogP contribution in [0.5, 0.6) is 5.75 Å². The van der Waals surface area contributed by atoms with Crippen molar-refractivity contribution in [2.24, 2.45) is 0 Å². The molecule has 3 aromatic carbocycles. The van der Waals surface area contributed by atoms with E-state index in [0.717, 1.165) is 57.3 Å². The van der Waals surface area contributed by atoms with Crippen molar-refractivity contribution in [1.29, 1.82) is 0 Å². The van der Waals surface area contributed by atoms with Crippen LogP contribution < -0.4 is 10.5 Å². The molecule has 0 saturated carbocycles. The first-order chi connectivity index (χ1) is 11.8. The van der Waals surface area contributed by atoms with Crippen molar-refractivity contribution >= 4 is 27.4 Å². The van der Waals surface area contributed by atoms with Gasteiger partial charge < -0.3 is 10.5 Å². The molecule has 0 bridgehead atoms. The second-order valence-electron chi connectivity index (χ2n) is 6.15. The molecule has 4 aromatic rings. The van der Waals surface area contributed by atoms with E-state index in [9.17, 15) is 0 Å². The van der Waals surface area contributed by atoms with Gasteiger partial charge in [0, 0.05) is 34.6 Å². The van der Waals surface area contributed by atoms with Gasteiger partial charge in [-0.1, -0.05) is 30.3 Å². The topological polar surface area (TPSA) is 48.1 Å². The summed E-state index contributed by atoms with van der Waals surface area (Å²) in [6.07, 6.45) is 2.83. The number of pyridine rings is 1. The normalized spacial score (nSPS) is 13.2. The highest BCUT2D eigenvalue weighted by molar-refractivity contribution is 6.09. The summed E-state index contributed by atoms with van der Waals surface area (Å²) >= 11 is 0. The van der Waals surface area contributed by atoms with Crippen LogP contribution in [0.15, 0.2) is 60.8 Å². The summed E-state index contributed by atoms with van der Waals surface area (Å²) in [6.45, 7) is 0.732. The van der Waals surface area contributed by atoms with E-state index in [4.69, 9.17) is 10.5 Å². The monoisotopic (exact) mass is 312 g/mol. The Labute approximate surface area is 139 Å². The number of ether oxygens (including phenoxy) is 1. The zero-order valence-electron chi connectivity index (χ0n) is 13.1. The molecule has 24 heavy (non-hydrogen) atoms. The molecule has 0 atom stereocenters. The molecule has 0 unspecified atom stereocenters. The Morgan fingerprint density at radius 3 is 2.62 bits per heavy atom. The lowest BCUT2D eigenvalue weighted by molar-refractivity contribution is 0.318. The minimum atomic E-state index is 0.732. The average Bonchev–Trinajstić information content (AvgIpc) is 2.64. The van der Waals surface area contributed by atoms with E-state index in [1.165, 1.54) is 5.56 Å². The smallest absolute Gasteiger partial charge is 0.129 e. The van der Waals surface area contributed by atoms with E-state index >= 15 is 0 Å². The van der Waals surface area contributed by atoms with Crippen LogP contribution in [0.1, 0.15) is 5.56 Å². The Balaban J connectivity index is 1.89. The number of fused-ring (bicyclic) bond motifs is 1. The molecular weight excluding hydrogens is 296 g/mol. The fourth-order valence-corrected chi connectivity index (χ4v) is 3.68. The molecule has 0 aliphatic carbocycles. The molecule has 3 heteroatoms. The maximum absolute atomic E-state index is 6.16. The van der Waals surface area contributed by atoms with E-state index in [-0.39, 0.29) is 0 Å². The lowest BCUT2D eigenvalue weighted by Gasteiger charge is -2.20. The number of hydrogen-bond acceptors (Lipinski definition) is 3. The van der Waals surface area contributed by atoms with Crippen molar-refractivity contribution in [3.05, 3.63) is 66.4 Å². The van der Waals surface area contributed by atoms with E-state index < -0.39 is 0 Å². The molecule has 1 aromatic heterocycles. The van der Waals surface area contributed by atoms with E-state index in [1.54, 1.807) is 0 Å². The summed E-state index contributed by atoms with van der Waals surface area (Å²) in [4.78, 5) is 4.68. The fraction of sp³-hybridized carbons (Fsp3) is 0.0952. The Morgan fingerprint density at radius 2 is 1.71 bits per heavy atom. The third-order valence-electron chi connectivity index (χ3n) is 4.82. The largest absolute Gasteiger partial charge is 0.493 e. The Hall–Kier alpha value is -3.07. The molecule has 2 heterocycles. The van der Waals surface area contributed by atoms with Crippen molar-refractivity contribution < 1.29 is 4.74 Å². The minimum Gasteiger partial charge on any atom is -0.493 e. The van der Waals surface area contributed by atoms with Crippen molar-refractivity contribution in [1.82, 2.24) is 4.98 Å². The van der Waals surface area contributed by atoms with Crippen molar-refractivity contribution in [2.75, 3.05) is 12.3 Å². The molecule has 2 N–H and O–H groups in total. The lowest BCUT2D eigenvalue weighted by Crippen LogP contribution is -2.09. The van der Waals surface area contributed by atoms with Crippen LogP contribution >= 0.6 is 0 Å². The molecule has 0 fully saturated rings. The van der Waals surface area contributed by atoms with Gasteiger partial charge in [-0.15, -0.1) is 0 Å². The van der Waals surface area contributed by atoms with Crippen LogP contribution in [0.4, 0.5) is 5.69 Å². The fourth-order valence-electron chi connectivity index (χ4n) is 3.68. The van der Waals surface area contributed by atoms with E-state index in [1.807, 2.05) is 24.4 Å². The molecule has 1 aliphatic heterocycles. The number of aromatic nitrogens is 1. The number of benzene rings is 3. The Kier molecular flexibility index (Phi) is 2.77. The highest BCUT2D eigenvalue weighted by Gasteiger charge is 2.18. The molecule has 3 nitrogen and oxygen atoms in total. The molecule has 5 rings (SSSR count). The minimum absolute atomic E-state index is 0.732. The van der Waals surface area contributed by atoms with Gasteiger partial charge in [-0.2, -0.15) is 0 Å². The Morgan fingerprint density at radius 1 is 0.875 bits per heavy atom. The highest BCUT2D eigenvalue weighted by Crippen LogP contribution is 2.40. The van der Waals surface area contributed by atoms with Gasteiger partial charge in [0.25, 0.3) is 0 Å². The number of nitrogens with zero attached hydrogens (tertiary/aromatic N) is 1. The van der Waals surface area contributed by atoms with Gasteiger partial charge in [0.2, 0.25) is 0 Å². The molecule has 1 aliphatic rings. The molecule has 116 valence electrons. The number of rotatable bonds is 1.